The van der Waals surface area contributed by atoms with Crippen LogP contribution in [-0.2, 0) is 4.79 Å². The normalized spacial score (nSPS) is 12.0. The third kappa shape index (κ3) is 3.31. The van der Waals surface area contributed by atoms with Crippen molar-refractivity contribution in [2.45, 2.75) is 13.0 Å². The Morgan fingerprint density at radius 2 is 1.82 bits per heavy atom. The molecular formula is C10H10Cl2N2O3. The minimum atomic E-state index is -1.09. The SMILES string of the molecule is CC(C(=O)O)N(C)C(=O)c1cc(Cl)nc(Cl)c1. The van der Waals surface area contributed by atoms with Crippen LogP contribution in [0.15, 0.2) is 12.1 Å². The second-order valence-corrected chi connectivity index (χ2v) is 4.21. The smallest absolute Gasteiger partial charge is 0.326 e. The Morgan fingerprint density at radius 1 is 1.35 bits per heavy atom. The van der Waals surface area contributed by atoms with E-state index < -0.39 is 17.9 Å². The van der Waals surface area contributed by atoms with Crippen molar-refractivity contribution in [2.75, 3.05) is 7.05 Å². The highest BCUT2D eigenvalue weighted by molar-refractivity contribution is 6.33. The number of aliphatic carboxylic acids is 1. The molecular weight excluding hydrogens is 267 g/mol. The van der Waals surface area contributed by atoms with Gasteiger partial charge in [-0.25, -0.2) is 9.78 Å². The molecule has 0 radical (unpaired) electrons. The predicted molar refractivity (Wildman–Crippen MR) is 63.4 cm³/mol. The van der Waals surface area contributed by atoms with Gasteiger partial charge in [0.2, 0.25) is 0 Å². The average Bonchev–Trinajstić information content (AvgIpc) is 2.24. The summed E-state index contributed by atoms with van der Waals surface area (Å²) in [6.45, 7) is 1.41. The number of halogens is 2. The van der Waals surface area contributed by atoms with Gasteiger partial charge >= 0.3 is 5.97 Å². The number of carbonyl (C=O) groups excluding carboxylic acids is 1. The predicted octanol–water partition coefficient (Wildman–Crippen LogP) is 1.93. The van der Waals surface area contributed by atoms with Crippen LogP contribution in [-0.4, -0.2) is 40.0 Å². The van der Waals surface area contributed by atoms with Crippen LogP contribution in [0.1, 0.15) is 17.3 Å². The number of aromatic nitrogens is 1. The van der Waals surface area contributed by atoms with Gasteiger partial charge in [-0.05, 0) is 19.1 Å². The van der Waals surface area contributed by atoms with E-state index in [4.69, 9.17) is 28.3 Å². The Balaban J connectivity index is 3.00. The van der Waals surface area contributed by atoms with Crippen molar-refractivity contribution in [3.05, 3.63) is 28.0 Å². The van der Waals surface area contributed by atoms with Crippen LogP contribution >= 0.6 is 23.2 Å². The van der Waals surface area contributed by atoms with Crippen LogP contribution in [0, 0.1) is 0 Å². The van der Waals surface area contributed by atoms with E-state index in [-0.39, 0.29) is 15.9 Å². The quantitative estimate of drug-likeness (QED) is 0.857. The molecule has 0 aliphatic carbocycles. The maximum absolute atomic E-state index is 11.9. The van der Waals surface area contributed by atoms with Gasteiger partial charge in [0.25, 0.3) is 5.91 Å². The molecule has 0 spiro atoms. The van der Waals surface area contributed by atoms with E-state index in [9.17, 15) is 9.59 Å². The second-order valence-electron chi connectivity index (χ2n) is 3.43. The number of amides is 1. The van der Waals surface area contributed by atoms with Gasteiger partial charge in [-0.15, -0.1) is 0 Å². The first kappa shape index (κ1) is 13.7. The lowest BCUT2D eigenvalue weighted by Gasteiger charge is -2.21. The minimum Gasteiger partial charge on any atom is -0.480 e. The van der Waals surface area contributed by atoms with Gasteiger partial charge in [0, 0.05) is 12.6 Å². The zero-order valence-corrected chi connectivity index (χ0v) is 10.7. The van der Waals surface area contributed by atoms with Crippen LogP contribution in [0.3, 0.4) is 0 Å². The fourth-order valence-corrected chi connectivity index (χ4v) is 1.59. The van der Waals surface area contributed by atoms with Crippen LogP contribution in [0.2, 0.25) is 10.3 Å². The standard InChI is InChI=1S/C10H10Cl2N2O3/c1-5(10(16)17)14(2)9(15)6-3-7(11)13-8(12)4-6/h3-5H,1-2H3,(H,16,17). The molecule has 92 valence electrons. The zero-order valence-electron chi connectivity index (χ0n) is 9.15. The molecule has 0 bridgehead atoms. The lowest BCUT2D eigenvalue weighted by atomic mass is 10.2. The van der Waals surface area contributed by atoms with E-state index >= 15 is 0 Å². The summed E-state index contributed by atoms with van der Waals surface area (Å²) in [6, 6.07) is 1.73. The van der Waals surface area contributed by atoms with Gasteiger partial charge in [0.05, 0.1) is 0 Å². The summed E-state index contributed by atoms with van der Waals surface area (Å²) in [6.07, 6.45) is 0. The summed E-state index contributed by atoms with van der Waals surface area (Å²) in [7, 11) is 1.39. The molecule has 1 amide bonds. The van der Waals surface area contributed by atoms with E-state index in [2.05, 4.69) is 4.98 Å². The number of rotatable bonds is 3. The first-order valence-electron chi connectivity index (χ1n) is 4.66. The first-order chi connectivity index (χ1) is 7.82. The third-order valence-corrected chi connectivity index (χ3v) is 2.66. The highest BCUT2D eigenvalue weighted by Crippen LogP contribution is 2.16. The van der Waals surface area contributed by atoms with Crippen LogP contribution in [0.5, 0.6) is 0 Å². The van der Waals surface area contributed by atoms with E-state index in [0.717, 1.165) is 4.90 Å². The summed E-state index contributed by atoms with van der Waals surface area (Å²) in [5.74, 6) is -1.57. The number of hydrogen-bond donors (Lipinski definition) is 1. The molecule has 7 heteroatoms. The fourth-order valence-electron chi connectivity index (χ4n) is 1.13. The molecule has 0 aromatic carbocycles. The molecule has 0 fully saturated rings. The van der Waals surface area contributed by atoms with Gasteiger partial charge in [-0.3, -0.25) is 4.79 Å². The van der Waals surface area contributed by atoms with Gasteiger partial charge in [-0.2, -0.15) is 0 Å². The number of hydrogen-bond acceptors (Lipinski definition) is 3. The maximum atomic E-state index is 11.9. The largest absolute Gasteiger partial charge is 0.480 e. The Labute approximate surface area is 108 Å². The number of carbonyl (C=O) groups is 2. The van der Waals surface area contributed by atoms with Gasteiger partial charge in [0.1, 0.15) is 16.3 Å². The Morgan fingerprint density at radius 3 is 2.24 bits per heavy atom. The van der Waals surface area contributed by atoms with Crippen molar-refractivity contribution in [2.24, 2.45) is 0 Å². The molecule has 1 rings (SSSR count). The van der Waals surface area contributed by atoms with Crippen molar-refractivity contribution in [3.8, 4) is 0 Å². The minimum absolute atomic E-state index is 0.0808. The Hall–Kier alpha value is -1.33. The van der Waals surface area contributed by atoms with E-state index in [1.165, 1.54) is 26.1 Å². The summed E-state index contributed by atoms with van der Waals surface area (Å²) in [5, 5.41) is 8.96. The number of pyridine rings is 1. The van der Waals surface area contributed by atoms with Crippen molar-refractivity contribution in [3.63, 3.8) is 0 Å². The van der Waals surface area contributed by atoms with Gasteiger partial charge in [0.15, 0.2) is 0 Å². The van der Waals surface area contributed by atoms with Crippen LogP contribution in [0.25, 0.3) is 0 Å². The molecule has 17 heavy (non-hydrogen) atoms. The van der Waals surface area contributed by atoms with Crippen molar-refractivity contribution >= 4 is 35.1 Å². The van der Waals surface area contributed by atoms with Crippen molar-refractivity contribution in [1.82, 2.24) is 9.88 Å². The third-order valence-electron chi connectivity index (χ3n) is 2.27. The average molecular weight is 277 g/mol. The molecule has 1 unspecified atom stereocenters. The van der Waals surface area contributed by atoms with E-state index in [0.29, 0.717) is 0 Å². The lowest BCUT2D eigenvalue weighted by molar-refractivity contribution is -0.141. The highest BCUT2D eigenvalue weighted by atomic mass is 35.5. The second kappa shape index (κ2) is 5.33. The molecule has 1 aromatic heterocycles. The summed E-state index contributed by atoms with van der Waals surface area (Å²) in [5.41, 5.74) is 0.200. The Bertz CT molecular complexity index is 445. The molecule has 5 nitrogen and oxygen atoms in total. The van der Waals surface area contributed by atoms with E-state index in [1.54, 1.807) is 0 Å². The molecule has 0 saturated heterocycles. The monoisotopic (exact) mass is 276 g/mol. The molecule has 0 saturated carbocycles. The molecule has 0 aliphatic rings. The topological polar surface area (TPSA) is 70.5 Å². The number of likely N-dealkylation sites (N-methyl/N-ethyl adjacent to an activating group) is 1. The maximum Gasteiger partial charge on any atom is 0.326 e. The molecule has 1 aromatic rings. The van der Waals surface area contributed by atoms with Crippen LogP contribution < -0.4 is 0 Å². The van der Waals surface area contributed by atoms with Gasteiger partial charge in [-0.1, -0.05) is 23.2 Å². The summed E-state index contributed by atoms with van der Waals surface area (Å²) >= 11 is 11.3. The van der Waals surface area contributed by atoms with Crippen molar-refractivity contribution < 1.29 is 14.7 Å². The van der Waals surface area contributed by atoms with Crippen LogP contribution in [0.4, 0.5) is 0 Å². The fraction of sp³-hybridized carbons (Fsp3) is 0.300. The number of carboxylic acid groups (broad SMARTS) is 1. The molecule has 1 N–H and O–H groups in total. The summed E-state index contributed by atoms with van der Waals surface area (Å²) in [4.78, 5) is 27.5. The molecule has 1 atom stereocenters. The first-order valence-corrected chi connectivity index (χ1v) is 5.41. The molecule has 0 aliphatic heterocycles. The van der Waals surface area contributed by atoms with E-state index in [1.807, 2.05) is 0 Å². The number of carboxylic acids is 1. The van der Waals surface area contributed by atoms with Crippen molar-refractivity contribution in [1.29, 1.82) is 0 Å². The zero-order chi connectivity index (χ0) is 13.2. The van der Waals surface area contributed by atoms with Gasteiger partial charge < -0.3 is 10.0 Å². The number of nitrogens with zero attached hydrogens (tertiary/aromatic N) is 2. The summed E-state index contributed by atoms with van der Waals surface area (Å²) < 4.78 is 0. The highest BCUT2D eigenvalue weighted by Gasteiger charge is 2.23. The molecule has 1 heterocycles. The lowest BCUT2D eigenvalue weighted by Crippen LogP contribution is -2.40. The Kier molecular flexibility index (Phi) is 4.31.